The van der Waals surface area contributed by atoms with Crippen LogP contribution in [0.5, 0.6) is 0 Å². The fraction of sp³-hybridized carbons (Fsp3) is 0.167. The van der Waals surface area contributed by atoms with Crippen molar-refractivity contribution in [3.05, 3.63) is 95.9 Å². The van der Waals surface area contributed by atoms with Gasteiger partial charge in [-0.1, -0.05) is 41.6 Å². The first-order chi connectivity index (χ1) is 15.3. The number of amides is 1. The summed E-state index contributed by atoms with van der Waals surface area (Å²) in [7, 11) is 0. The van der Waals surface area contributed by atoms with E-state index < -0.39 is 0 Å². The molecule has 0 atom stereocenters. The molecule has 2 aromatic carbocycles. The second kappa shape index (κ2) is 8.73. The topological polar surface area (TPSA) is 72.7 Å². The number of hydrogen-bond donors (Lipinski definition) is 1. The van der Waals surface area contributed by atoms with E-state index in [4.69, 9.17) is 0 Å². The van der Waals surface area contributed by atoms with E-state index in [2.05, 4.69) is 20.6 Å². The molecule has 0 radical (unpaired) electrons. The maximum Gasteiger partial charge on any atom is 0.278 e. The molecule has 2 aromatic heterocycles. The number of anilines is 1. The molecule has 1 amide bonds. The minimum absolute atomic E-state index is 0.224. The Labute approximate surface area is 184 Å². The summed E-state index contributed by atoms with van der Waals surface area (Å²) in [6.45, 7) is 0. The lowest BCUT2D eigenvalue weighted by molar-refractivity contribution is 0.102. The fourth-order valence-corrected chi connectivity index (χ4v) is 4.26. The Morgan fingerprint density at radius 1 is 1.03 bits per heavy atom. The van der Waals surface area contributed by atoms with Crippen molar-refractivity contribution in [2.24, 2.45) is 0 Å². The molecule has 1 saturated carbocycles. The Kier molecular flexibility index (Phi) is 5.50. The molecule has 1 N–H and O–H groups in total. The largest absolute Gasteiger partial charge is 0.321 e. The van der Waals surface area contributed by atoms with Gasteiger partial charge in [-0.15, -0.1) is 16.9 Å². The molecule has 6 nitrogen and oxygen atoms in total. The molecule has 0 saturated heterocycles. The van der Waals surface area contributed by atoms with Crippen LogP contribution < -0.4 is 5.32 Å². The molecule has 0 spiro atoms. The van der Waals surface area contributed by atoms with Gasteiger partial charge in [0, 0.05) is 23.6 Å². The van der Waals surface area contributed by atoms with Crippen molar-refractivity contribution in [3.8, 4) is 5.69 Å². The number of para-hydroxylation sites is 1. The quantitative estimate of drug-likeness (QED) is 0.416. The predicted molar refractivity (Wildman–Crippen MR) is 122 cm³/mol. The van der Waals surface area contributed by atoms with Gasteiger partial charge >= 0.3 is 0 Å². The maximum absolute atomic E-state index is 13.1. The first-order valence-corrected chi connectivity index (χ1v) is 11.2. The highest BCUT2D eigenvalue weighted by Crippen LogP contribution is 2.42. The number of benzene rings is 2. The first-order valence-electron chi connectivity index (χ1n) is 10.2. The van der Waals surface area contributed by atoms with Crippen molar-refractivity contribution < 1.29 is 4.79 Å². The molecule has 1 aliphatic rings. The van der Waals surface area contributed by atoms with Crippen LogP contribution >= 0.6 is 11.8 Å². The molecule has 2 heterocycles. The minimum atomic E-state index is -0.224. The van der Waals surface area contributed by atoms with Crippen LogP contribution in [-0.2, 0) is 5.75 Å². The number of carbonyl (C=O) groups is 1. The third-order valence-corrected chi connectivity index (χ3v) is 6.11. The predicted octanol–water partition coefficient (Wildman–Crippen LogP) is 5.08. The monoisotopic (exact) mass is 427 g/mol. The molecule has 31 heavy (non-hydrogen) atoms. The van der Waals surface area contributed by atoms with E-state index in [9.17, 15) is 4.79 Å². The fourth-order valence-electron chi connectivity index (χ4n) is 3.45. The zero-order valence-electron chi connectivity index (χ0n) is 16.8. The molecule has 0 bridgehead atoms. The van der Waals surface area contributed by atoms with Gasteiger partial charge in [-0.2, -0.15) is 0 Å². The van der Waals surface area contributed by atoms with Crippen LogP contribution in [0, 0.1) is 0 Å². The Morgan fingerprint density at radius 3 is 2.65 bits per heavy atom. The highest BCUT2D eigenvalue weighted by atomic mass is 32.2. The van der Waals surface area contributed by atoms with Crippen LogP contribution in [0.15, 0.2) is 84.0 Å². The molecule has 0 aliphatic heterocycles. The van der Waals surface area contributed by atoms with E-state index in [0.717, 1.165) is 46.3 Å². The lowest BCUT2D eigenvalue weighted by atomic mass is 10.2. The number of aromatic nitrogens is 4. The van der Waals surface area contributed by atoms with Crippen molar-refractivity contribution in [1.29, 1.82) is 0 Å². The average molecular weight is 428 g/mol. The van der Waals surface area contributed by atoms with Gasteiger partial charge in [0.25, 0.3) is 5.91 Å². The summed E-state index contributed by atoms with van der Waals surface area (Å²) < 4.78 is 1.80. The van der Waals surface area contributed by atoms with E-state index in [-0.39, 0.29) is 5.91 Å². The van der Waals surface area contributed by atoms with Crippen LogP contribution in [0.1, 0.15) is 40.5 Å². The zero-order valence-corrected chi connectivity index (χ0v) is 17.6. The van der Waals surface area contributed by atoms with E-state index in [0.29, 0.717) is 11.6 Å². The van der Waals surface area contributed by atoms with Crippen molar-refractivity contribution in [3.63, 3.8) is 0 Å². The normalized spacial score (nSPS) is 13.2. The number of hydrogen-bond acceptors (Lipinski definition) is 5. The van der Waals surface area contributed by atoms with Gasteiger partial charge in [-0.25, -0.2) is 9.67 Å². The second-order valence-corrected chi connectivity index (χ2v) is 8.45. The number of nitrogens with zero attached hydrogens (tertiary/aromatic N) is 4. The van der Waals surface area contributed by atoms with Crippen LogP contribution in [0.3, 0.4) is 0 Å². The van der Waals surface area contributed by atoms with Crippen LogP contribution in [0.2, 0.25) is 0 Å². The smallest absolute Gasteiger partial charge is 0.278 e. The summed E-state index contributed by atoms with van der Waals surface area (Å²) in [5.41, 5.74) is 4.08. The van der Waals surface area contributed by atoms with Gasteiger partial charge in [0.2, 0.25) is 0 Å². The molecular weight excluding hydrogens is 406 g/mol. The number of nitrogens with one attached hydrogen (secondary N) is 1. The molecule has 154 valence electrons. The summed E-state index contributed by atoms with van der Waals surface area (Å²) in [6, 6.07) is 23.6. The lowest BCUT2D eigenvalue weighted by Crippen LogP contribution is -2.15. The Hall–Kier alpha value is -3.45. The van der Waals surface area contributed by atoms with Crippen molar-refractivity contribution >= 4 is 23.4 Å². The highest BCUT2D eigenvalue weighted by molar-refractivity contribution is 7.98. The Morgan fingerprint density at radius 2 is 1.87 bits per heavy atom. The maximum atomic E-state index is 13.1. The second-order valence-electron chi connectivity index (χ2n) is 7.46. The summed E-state index contributed by atoms with van der Waals surface area (Å²) in [6.07, 6.45) is 3.90. The molecule has 1 aliphatic carbocycles. The number of thioether (sulfide) groups is 1. The van der Waals surface area contributed by atoms with Gasteiger partial charge in [-0.3, -0.25) is 4.79 Å². The average Bonchev–Trinajstić information content (AvgIpc) is 3.56. The molecular formula is C24H21N5OS. The molecule has 7 heteroatoms. The van der Waals surface area contributed by atoms with Gasteiger partial charge < -0.3 is 5.32 Å². The van der Waals surface area contributed by atoms with Gasteiger partial charge in [-0.05, 0) is 54.8 Å². The Balaban J connectivity index is 1.33. The SMILES string of the molecule is O=C(Nc1cccc(CSc2ccccn2)c1)c1nnn(-c2ccccc2)c1C1CC1. The van der Waals surface area contributed by atoms with E-state index >= 15 is 0 Å². The number of carbonyl (C=O) groups excluding carboxylic acids is 1. The Bertz CT molecular complexity index is 1190. The summed E-state index contributed by atoms with van der Waals surface area (Å²) in [5, 5.41) is 12.5. The number of pyridine rings is 1. The van der Waals surface area contributed by atoms with Crippen molar-refractivity contribution in [1.82, 2.24) is 20.0 Å². The highest BCUT2D eigenvalue weighted by Gasteiger charge is 2.34. The van der Waals surface area contributed by atoms with Gasteiger partial charge in [0.15, 0.2) is 5.69 Å². The van der Waals surface area contributed by atoms with E-state index in [1.54, 1.807) is 22.6 Å². The van der Waals surface area contributed by atoms with Gasteiger partial charge in [0.1, 0.15) is 0 Å². The summed E-state index contributed by atoms with van der Waals surface area (Å²) >= 11 is 1.66. The zero-order chi connectivity index (χ0) is 21.0. The van der Waals surface area contributed by atoms with E-state index in [1.807, 2.05) is 72.8 Å². The molecule has 0 unspecified atom stereocenters. The first kappa shape index (κ1) is 19.5. The van der Waals surface area contributed by atoms with Crippen LogP contribution in [0.4, 0.5) is 5.69 Å². The van der Waals surface area contributed by atoms with Gasteiger partial charge in [0.05, 0.1) is 16.4 Å². The van der Waals surface area contributed by atoms with Crippen LogP contribution in [-0.4, -0.2) is 25.9 Å². The minimum Gasteiger partial charge on any atom is -0.321 e. The molecule has 5 rings (SSSR count). The standard InChI is InChI=1S/C24H21N5OS/c30-24(22-23(18-12-13-18)29(28-27-22)20-9-2-1-3-10-20)26-19-8-6-7-17(15-19)16-31-21-11-4-5-14-25-21/h1-11,14-15,18H,12-13,16H2,(H,26,30). The summed E-state index contributed by atoms with van der Waals surface area (Å²) in [5.74, 6) is 0.883. The van der Waals surface area contributed by atoms with Crippen LogP contribution in [0.25, 0.3) is 5.69 Å². The lowest BCUT2D eigenvalue weighted by Gasteiger charge is -2.09. The summed E-state index contributed by atoms with van der Waals surface area (Å²) in [4.78, 5) is 17.4. The third kappa shape index (κ3) is 4.51. The van der Waals surface area contributed by atoms with E-state index in [1.165, 1.54) is 0 Å². The number of rotatable bonds is 7. The molecule has 4 aromatic rings. The third-order valence-electron chi connectivity index (χ3n) is 5.09. The van der Waals surface area contributed by atoms with Crippen molar-refractivity contribution in [2.45, 2.75) is 29.5 Å². The molecule has 1 fully saturated rings. The van der Waals surface area contributed by atoms with Crippen molar-refractivity contribution in [2.75, 3.05) is 5.32 Å².